The van der Waals surface area contributed by atoms with Crippen molar-refractivity contribution in [2.24, 2.45) is 5.92 Å². The van der Waals surface area contributed by atoms with E-state index in [9.17, 15) is 9.59 Å². The van der Waals surface area contributed by atoms with Crippen molar-refractivity contribution >= 4 is 17.5 Å². The number of ether oxygens (including phenoxy) is 2. The van der Waals surface area contributed by atoms with Gasteiger partial charge in [-0.05, 0) is 43.2 Å². The first-order chi connectivity index (χ1) is 15.8. The molecule has 1 N–H and O–H groups in total. The molecule has 3 atom stereocenters. The summed E-state index contributed by atoms with van der Waals surface area (Å²) in [5, 5.41) is 2.74. The summed E-state index contributed by atoms with van der Waals surface area (Å²) < 4.78 is 12.0. The summed E-state index contributed by atoms with van der Waals surface area (Å²) in [6.07, 6.45) is 1.66. The van der Waals surface area contributed by atoms with E-state index in [1.54, 1.807) is 43.5 Å². The van der Waals surface area contributed by atoms with Gasteiger partial charge in [-0.25, -0.2) is 0 Å². The number of hydrogen-bond donors (Lipinski definition) is 1. The number of fused-ring (bicyclic) bond motifs is 1. The molecule has 2 heterocycles. The molecule has 8 heteroatoms. The molecule has 0 saturated heterocycles. The van der Waals surface area contributed by atoms with Crippen LogP contribution in [0.4, 0.5) is 5.69 Å². The highest BCUT2D eigenvalue weighted by atomic mass is 16.5. The van der Waals surface area contributed by atoms with Crippen molar-refractivity contribution in [2.45, 2.75) is 39.5 Å². The van der Waals surface area contributed by atoms with Crippen molar-refractivity contribution in [3.05, 3.63) is 53.9 Å². The molecule has 1 aromatic carbocycles. The van der Waals surface area contributed by atoms with Crippen molar-refractivity contribution in [1.82, 2.24) is 14.8 Å². The van der Waals surface area contributed by atoms with Gasteiger partial charge in [0.15, 0.2) is 0 Å². The van der Waals surface area contributed by atoms with Crippen LogP contribution in [0.15, 0.2) is 42.6 Å². The molecular weight excluding hydrogens is 420 g/mol. The number of methoxy groups -OCH3 is 1. The fourth-order valence-corrected chi connectivity index (χ4v) is 4.05. The Bertz CT molecular complexity index is 953. The van der Waals surface area contributed by atoms with E-state index in [1.165, 1.54) is 6.92 Å². The lowest BCUT2D eigenvalue weighted by atomic mass is 10.0. The number of amides is 2. The van der Waals surface area contributed by atoms with Gasteiger partial charge >= 0.3 is 0 Å². The second kappa shape index (κ2) is 11.2. The van der Waals surface area contributed by atoms with Crippen LogP contribution in [0.5, 0.6) is 5.75 Å². The Morgan fingerprint density at radius 1 is 1.24 bits per heavy atom. The maximum absolute atomic E-state index is 13.3. The van der Waals surface area contributed by atoms with Crippen molar-refractivity contribution in [2.75, 3.05) is 39.2 Å². The third-order valence-corrected chi connectivity index (χ3v) is 5.99. The molecule has 0 aliphatic carbocycles. The van der Waals surface area contributed by atoms with Gasteiger partial charge in [0, 0.05) is 58.6 Å². The van der Waals surface area contributed by atoms with E-state index in [0.717, 1.165) is 12.2 Å². The molecule has 3 rings (SSSR count). The van der Waals surface area contributed by atoms with E-state index in [0.29, 0.717) is 36.7 Å². The Morgan fingerprint density at radius 2 is 2.03 bits per heavy atom. The summed E-state index contributed by atoms with van der Waals surface area (Å²) in [6.45, 7) is 7.99. The second-order valence-electron chi connectivity index (χ2n) is 8.74. The zero-order valence-electron chi connectivity index (χ0n) is 20.1. The number of benzene rings is 1. The van der Waals surface area contributed by atoms with Crippen LogP contribution in [0.1, 0.15) is 36.8 Å². The van der Waals surface area contributed by atoms with Crippen LogP contribution in [0, 0.1) is 5.92 Å². The summed E-state index contributed by atoms with van der Waals surface area (Å²) >= 11 is 0. The maximum atomic E-state index is 13.3. The molecule has 0 bridgehead atoms. The third-order valence-electron chi connectivity index (χ3n) is 5.99. The topological polar surface area (TPSA) is 84.0 Å². The lowest BCUT2D eigenvalue weighted by molar-refractivity contribution is -0.114. The highest BCUT2D eigenvalue weighted by Gasteiger charge is 2.28. The van der Waals surface area contributed by atoms with Crippen LogP contribution in [0.2, 0.25) is 0 Å². The first-order valence-electron chi connectivity index (χ1n) is 11.2. The number of aromatic nitrogens is 1. The van der Waals surface area contributed by atoms with Crippen molar-refractivity contribution in [3.8, 4) is 5.75 Å². The summed E-state index contributed by atoms with van der Waals surface area (Å²) in [5.41, 5.74) is 1.96. The Labute approximate surface area is 195 Å². The Hall–Kier alpha value is -2.97. The lowest BCUT2D eigenvalue weighted by Crippen LogP contribution is -2.46. The minimum absolute atomic E-state index is 0.0714. The van der Waals surface area contributed by atoms with Crippen LogP contribution in [-0.4, -0.2) is 72.6 Å². The third kappa shape index (κ3) is 6.52. The number of pyridine rings is 1. The smallest absolute Gasteiger partial charge is 0.257 e. The Morgan fingerprint density at radius 3 is 2.70 bits per heavy atom. The molecule has 1 aliphatic heterocycles. The molecule has 0 saturated carbocycles. The lowest BCUT2D eigenvalue weighted by Gasteiger charge is -2.35. The van der Waals surface area contributed by atoms with E-state index in [1.807, 2.05) is 18.2 Å². The monoisotopic (exact) mass is 454 g/mol. The summed E-state index contributed by atoms with van der Waals surface area (Å²) in [5.74, 6) is 0.288. The van der Waals surface area contributed by atoms with Gasteiger partial charge in [0.25, 0.3) is 5.91 Å². The Balaban J connectivity index is 1.94. The number of carbonyl (C=O) groups is 2. The minimum atomic E-state index is -0.197. The maximum Gasteiger partial charge on any atom is 0.257 e. The average molecular weight is 455 g/mol. The van der Waals surface area contributed by atoms with Crippen LogP contribution in [0.3, 0.4) is 0 Å². The molecule has 0 unspecified atom stereocenters. The summed E-state index contributed by atoms with van der Waals surface area (Å²) in [7, 11) is 3.44. The van der Waals surface area contributed by atoms with Gasteiger partial charge in [-0.15, -0.1) is 0 Å². The fourth-order valence-electron chi connectivity index (χ4n) is 4.05. The van der Waals surface area contributed by atoms with E-state index in [4.69, 9.17) is 9.47 Å². The van der Waals surface area contributed by atoms with E-state index in [2.05, 4.69) is 29.0 Å². The largest absolute Gasteiger partial charge is 0.491 e. The molecule has 1 aromatic heterocycles. The van der Waals surface area contributed by atoms with E-state index < -0.39 is 0 Å². The molecule has 178 valence electrons. The van der Waals surface area contributed by atoms with Gasteiger partial charge < -0.3 is 19.7 Å². The van der Waals surface area contributed by atoms with Crippen molar-refractivity contribution in [3.63, 3.8) is 0 Å². The predicted octanol–water partition coefficient (Wildman–Crippen LogP) is 3.05. The zero-order valence-corrected chi connectivity index (χ0v) is 20.1. The first kappa shape index (κ1) is 24.7. The first-order valence-corrected chi connectivity index (χ1v) is 11.2. The molecule has 0 spiro atoms. The number of carbonyl (C=O) groups excluding carboxylic acids is 2. The number of nitrogens with one attached hydrogen (secondary N) is 1. The van der Waals surface area contributed by atoms with Gasteiger partial charge in [-0.3, -0.25) is 19.5 Å². The fraction of sp³-hybridized carbons (Fsp3) is 0.480. The normalized spacial score (nSPS) is 22.5. The molecule has 1 aliphatic rings. The van der Waals surface area contributed by atoms with Gasteiger partial charge in [0.05, 0.1) is 17.4 Å². The molecule has 0 radical (unpaired) electrons. The van der Waals surface area contributed by atoms with Crippen LogP contribution in [-0.2, 0) is 16.1 Å². The number of likely N-dealkylation sites (N-methyl/N-ethyl adjacent to an activating group) is 1. The van der Waals surface area contributed by atoms with Crippen LogP contribution >= 0.6 is 0 Å². The number of anilines is 1. The van der Waals surface area contributed by atoms with Gasteiger partial charge in [0.1, 0.15) is 12.4 Å². The van der Waals surface area contributed by atoms with Crippen LogP contribution < -0.4 is 10.1 Å². The summed E-state index contributed by atoms with van der Waals surface area (Å²) in [6, 6.07) is 11.2. The zero-order chi connectivity index (χ0) is 24.0. The standard InChI is InChI=1S/C25H34N4O4/c1-17-13-29(14-21-8-6-7-11-26-21)18(2)16-33-23-10-9-20(27-19(3)30)12-22(23)25(31)28(4)15-24(17)32-5/h6-12,17-18,24H,13-16H2,1-5H3,(H,27,30)/t17-,18+,24-/m0/s1. The van der Waals surface area contributed by atoms with Crippen molar-refractivity contribution in [1.29, 1.82) is 0 Å². The highest BCUT2D eigenvalue weighted by molar-refractivity contribution is 5.99. The average Bonchev–Trinajstić information content (AvgIpc) is 2.80. The molecule has 2 amide bonds. The van der Waals surface area contributed by atoms with Gasteiger partial charge in [-0.2, -0.15) is 0 Å². The van der Waals surface area contributed by atoms with Gasteiger partial charge in [-0.1, -0.05) is 13.0 Å². The van der Waals surface area contributed by atoms with E-state index >= 15 is 0 Å². The quantitative estimate of drug-likeness (QED) is 0.765. The molecule has 8 nitrogen and oxygen atoms in total. The second-order valence-corrected chi connectivity index (χ2v) is 8.74. The molecule has 33 heavy (non-hydrogen) atoms. The van der Waals surface area contributed by atoms with Crippen molar-refractivity contribution < 1.29 is 19.1 Å². The number of nitrogens with zero attached hydrogens (tertiary/aromatic N) is 3. The van der Waals surface area contributed by atoms with Crippen LogP contribution in [0.25, 0.3) is 0 Å². The predicted molar refractivity (Wildman–Crippen MR) is 127 cm³/mol. The Kier molecular flexibility index (Phi) is 8.41. The SMILES string of the molecule is CO[C@H]1CN(C)C(=O)c2cc(NC(C)=O)ccc2OC[C@@H](C)N(Cc2ccccn2)C[C@@H]1C. The highest BCUT2D eigenvalue weighted by Crippen LogP contribution is 2.26. The summed E-state index contributed by atoms with van der Waals surface area (Å²) in [4.78, 5) is 33.3. The molecule has 2 aromatic rings. The number of hydrogen-bond acceptors (Lipinski definition) is 6. The van der Waals surface area contributed by atoms with E-state index in [-0.39, 0.29) is 29.9 Å². The molecular formula is C25H34N4O4. The minimum Gasteiger partial charge on any atom is -0.491 e. The van der Waals surface area contributed by atoms with Gasteiger partial charge in [0.2, 0.25) is 5.91 Å². The number of rotatable bonds is 4. The molecule has 0 fully saturated rings.